The van der Waals surface area contributed by atoms with E-state index < -0.39 is 97.5 Å². The standard InChI is InChI=1S/C87H148O17P2/c1-5-9-13-17-21-25-29-33-36-38-40-42-45-48-51-55-59-63-67-71-84(89)97-77-82(103-86(91)73-69-65-61-57-53-47-32-28-24-20-16-12-8-4)79-101-105(93,94)99-75-81(88)76-100-106(95,96)102-80-83(104-87(92)74-70-66-62-58-54-50-44-35-31-27-23-19-15-11-7-3)78-98-85(90)72-68-64-60-56-52-49-46-43-41-39-37-34-30-26-22-18-14-10-6-2/h9-10,13-14,21-22,25-26,33-34,36-37,40-43,48-49,51-52,60,64,81-83,88H,5-8,11-12,15-20,23-24,27-32,35,38-39,44-47,50,53-59,61-63,65-80H2,1-4H3,(H,93,94)(H,95,96)/b13-9-,14-10-,25-21-,26-22-,36-33-,37-34-,42-40-,43-41-,51-48-,52-49-,64-60-. The van der Waals surface area contributed by atoms with Gasteiger partial charge in [-0.25, -0.2) is 9.13 Å². The van der Waals surface area contributed by atoms with Crippen molar-refractivity contribution in [2.24, 2.45) is 0 Å². The number of carbonyl (C=O) groups excluding carboxylic acids is 4. The number of hydrogen-bond donors (Lipinski definition) is 3. The molecule has 0 rings (SSSR count). The fourth-order valence-corrected chi connectivity index (χ4v) is 12.5. The molecule has 0 saturated heterocycles. The van der Waals surface area contributed by atoms with E-state index in [1.807, 2.05) is 18.2 Å². The average molecular weight is 1530 g/mol. The molecule has 0 aromatic carbocycles. The van der Waals surface area contributed by atoms with Gasteiger partial charge in [-0.2, -0.15) is 0 Å². The molecular formula is C87H148O17P2. The lowest BCUT2D eigenvalue weighted by molar-refractivity contribution is -0.161. The summed E-state index contributed by atoms with van der Waals surface area (Å²) < 4.78 is 68.6. The molecule has 5 unspecified atom stereocenters. The Labute approximate surface area is 644 Å². The Kier molecular flexibility index (Phi) is 74.8. The molecule has 0 aliphatic carbocycles. The van der Waals surface area contributed by atoms with E-state index in [-0.39, 0.29) is 25.7 Å². The minimum Gasteiger partial charge on any atom is -0.462 e. The number of aliphatic hydroxyl groups is 1. The molecule has 0 radical (unpaired) electrons. The molecule has 0 fully saturated rings. The van der Waals surface area contributed by atoms with Gasteiger partial charge >= 0.3 is 39.5 Å². The number of esters is 4. The van der Waals surface area contributed by atoms with Gasteiger partial charge in [0.05, 0.1) is 26.4 Å². The van der Waals surface area contributed by atoms with Crippen LogP contribution >= 0.6 is 15.6 Å². The first-order valence-corrected chi connectivity index (χ1v) is 44.4. The van der Waals surface area contributed by atoms with Gasteiger partial charge in [0.25, 0.3) is 0 Å². The van der Waals surface area contributed by atoms with Gasteiger partial charge < -0.3 is 33.8 Å². The summed E-state index contributed by atoms with van der Waals surface area (Å²) in [5.74, 6) is -2.29. The number of phosphoric acid groups is 2. The third-order valence-corrected chi connectivity index (χ3v) is 19.1. The molecule has 0 saturated carbocycles. The molecule has 0 aliphatic rings. The van der Waals surface area contributed by atoms with E-state index in [9.17, 15) is 43.2 Å². The van der Waals surface area contributed by atoms with E-state index in [1.54, 1.807) is 0 Å². The smallest absolute Gasteiger partial charge is 0.462 e. The predicted octanol–water partition coefficient (Wildman–Crippen LogP) is 24.4. The number of ether oxygens (including phenoxy) is 4. The summed E-state index contributed by atoms with van der Waals surface area (Å²) in [7, 11) is -9.99. The van der Waals surface area contributed by atoms with Crippen LogP contribution in [0.4, 0.5) is 0 Å². The van der Waals surface area contributed by atoms with Gasteiger partial charge in [0.15, 0.2) is 12.2 Å². The zero-order chi connectivity index (χ0) is 77.4. The number of hydrogen-bond acceptors (Lipinski definition) is 15. The van der Waals surface area contributed by atoms with Crippen molar-refractivity contribution < 1.29 is 80.2 Å². The zero-order valence-electron chi connectivity index (χ0n) is 66.6. The highest BCUT2D eigenvalue weighted by atomic mass is 31.2. The van der Waals surface area contributed by atoms with Crippen molar-refractivity contribution in [1.29, 1.82) is 0 Å². The zero-order valence-corrected chi connectivity index (χ0v) is 68.4. The molecular weight excluding hydrogens is 1380 g/mol. The van der Waals surface area contributed by atoms with Gasteiger partial charge in [-0.15, -0.1) is 0 Å². The molecule has 0 aliphatic heterocycles. The number of unbranched alkanes of at least 4 members (excludes halogenated alkanes) is 29. The Bertz CT molecular complexity index is 2530. The second kappa shape index (κ2) is 78.3. The molecule has 17 nitrogen and oxygen atoms in total. The normalized spacial score (nSPS) is 14.5. The number of carbonyl (C=O) groups is 4. The van der Waals surface area contributed by atoms with Gasteiger partial charge in [0.1, 0.15) is 19.3 Å². The summed E-state index contributed by atoms with van der Waals surface area (Å²) in [4.78, 5) is 73.1. The minimum atomic E-state index is -5.00. The van der Waals surface area contributed by atoms with Crippen molar-refractivity contribution in [3.05, 3.63) is 134 Å². The topological polar surface area (TPSA) is 237 Å². The first-order valence-electron chi connectivity index (χ1n) is 41.4. The lowest BCUT2D eigenvalue weighted by Gasteiger charge is -2.21. The quantitative estimate of drug-likeness (QED) is 0.0169. The molecule has 3 N–H and O–H groups in total. The summed E-state index contributed by atoms with van der Waals surface area (Å²) in [6, 6.07) is 0. The molecule has 0 amide bonds. The molecule has 0 heterocycles. The molecule has 0 bridgehead atoms. The summed E-state index contributed by atoms with van der Waals surface area (Å²) in [5.41, 5.74) is 0. The SMILES string of the molecule is CC/C=C\C/C=C\C/C=C\C/C=C\C/C=C\C/C=C\CCC(=O)OCC(COP(=O)(O)OCC(O)COP(=O)(O)OCC(COC(=O)CCCCC/C=C\C/C=C\C/C=C\C/C=C\C/C=C\CC)OC(=O)CCCCCCCCCCCCCCC)OC(=O)CCCCCCCCCCCCCCCCC. The van der Waals surface area contributed by atoms with Crippen LogP contribution in [-0.2, 0) is 65.4 Å². The van der Waals surface area contributed by atoms with Crippen molar-refractivity contribution in [3.8, 4) is 0 Å². The Hall–Kier alpha value is -4.80. The lowest BCUT2D eigenvalue weighted by atomic mass is 10.0. The molecule has 0 aromatic heterocycles. The molecule has 106 heavy (non-hydrogen) atoms. The molecule has 5 atom stereocenters. The maximum Gasteiger partial charge on any atom is 0.472 e. The number of allylic oxidation sites excluding steroid dienone is 22. The van der Waals surface area contributed by atoms with Crippen LogP contribution in [0.2, 0.25) is 0 Å². The van der Waals surface area contributed by atoms with Crippen LogP contribution in [0.5, 0.6) is 0 Å². The van der Waals surface area contributed by atoms with E-state index in [0.717, 1.165) is 135 Å². The van der Waals surface area contributed by atoms with Crippen molar-refractivity contribution in [1.82, 2.24) is 0 Å². The van der Waals surface area contributed by atoms with Gasteiger partial charge in [-0.1, -0.05) is 335 Å². The summed E-state index contributed by atoms with van der Waals surface area (Å²) in [6.07, 6.45) is 88.7. The van der Waals surface area contributed by atoms with Crippen LogP contribution in [0.25, 0.3) is 0 Å². The maximum absolute atomic E-state index is 13.1. The third kappa shape index (κ3) is 77.4. The molecule has 608 valence electrons. The highest BCUT2D eigenvalue weighted by Crippen LogP contribution is 2.45. The van der Waals surface area contributed by atoms with E-state index in [1.165, 1.54) is 116 Å². The fraction of sp³-hybridized carbons (Fsp3) is 0.701. The Morgan fingerprint density at radius 2 is 0.509 bits per heavy atom. The Morgan fingerprint density at radius 3 is 0.811 bits per heavy atom. The van der Waals surface area contributed by atoms with Gasteiger partial charge in [-0.05, 0) is 109 Å². The average Bonchev–Trinajstić information content (AvgIpc) is 0.933. The third-order valence-electron chi connectivity index (χ3n) is 17.2. The highest BCUT2D eigenvalue weighted by Gasteiger charge is 2.30. The minimum absolute atomic E-state index is 0.0356. The highest BCUT2D eigenvalue weighted by molar-refractivity contribution is 7.47. The second-order valence-electron chi connectivity index (χ2n) is 27.3. The summed E-state index contributed by atoms with van der Waals surface area (Å²) in [6.45, 7) is 4.57. The van der Waals surface area contributed by atoms with Crippen LogP contribution in [0.3, 0.4) is 0 Å². The van der Waals surface area contributed by atoms with Crippen LogP contribution in [0.15, 0.2) is 134 Å². The first-order chi connectivity index (χ1) is 51.7. The van der Waals surface area contributed by atoms with Gasteiger partial charge in [0.2, 0.25) is 0 Å². The van der Waals surface area contributed by atoms with E-state index in [0.29, 0.717) is 32.1 Å². The fourth-order valence-electron chi connectivity index (χ4n) is 10.9. The first kappa shape index (κ1) is 101. The van der Waals surface area contributed by atoms with Crippen LogP contribution in [0, 0.1) is 0 Å². The number of phosphoric ester groups is 2. The molecule has 0 spiro atoms. The van der Waals surface area contributed by atoms with E-state index in [4.69, 9.17) is 37.0 Å². The van der Waals surface area contributed by atoms with E-state index >= 15 is 0 Å². The number of aliphatic hydroxyl groups excluding tert-OH is 1. The predicted molar refractivity (Wildman–Crippen MR) is 436 cm³/mol. The maximum atomic E-state index is 13.1. The van der Waals surface area contributed by atoms with E-state index in [2.05, 4.69) is 143 Å². The monoisotopic (exact) mass is 1530 g/mol. The van der Waals surface area contributed by atoms with Crippen molar-refractivity contribution in [2.45, 2.75) is 354 Å². The molecule has 19 heteroatoms. The van der Waals surface area contributed by atoms with Crippen LogP contribution < -0.4 is 0 Å². The lowest BCUT2D eigenvalue weighted by Crippen LogP contribution is -2.30. The van der Waals surface area contributed by atoms with Crippen molar-refractivity contribution >= 4 is 39.5 Å². The Balaban J connectivity index is 5.43. The summed E-state index contributed by atoms with van der Waals surface area (Å²) >= 11 is 0. The van der Waals surface area contributed by atoms with Crippen molar-refractivity contribution in [3.63, 3.8) is 0 Å². The van der Waals surface area contributed by atoms with Crippen molar-refractivity contribution in [2.75, 3.05) is 39.6 Å². The van der Waals surface area contributed by atoms with Gasteiger partial charge in [-0.3, -0.25) is 37.3 Å². The second-order valence-corrected chi connectivity index (χ2v) is 30.2. The summed E-state index contributed by atoms with van der Waals surface area (Å²) in [5, 5.41) is 10.7. The van der Waals surface area contributed by atoms with Gasteiger partial charge in [0, 0.05) is 25.7 Å². The van der Waals surface area contributed by atoms with Crippen LogP contribution in [-0.4, -0.2) is 96.7 Å². The Morgan fingerprint density at radius 1 is 0.274 bits per heavy atom. The van der Waals surface area contributed by atoms with Crippen LogP contribution in [0.1, 0.15) is 336 Å². The molecule has 0 aromatic rings. The largest absolute Gasteiger partial charge is 0.472 e. The number of rotatable bonds is 77.